The molecule has 1 nitrogen and oxygen atoms in total. The number of halogens is 1. The maximum Gasteiger partial charge on any atom is 0.0195 e. The Balaban J connectivity index is 1.99. The predicted molar refractivity (Wildman–Crippen MR) is 86.2 cm³/mol. The standard InChI is InChI=1S/C17H26BrN/c1-16(2,3)14-7-9-17(19,10-8-14)12-13-5-4-6-15(18)11-13/h4-6,11,14H,7-10,12,19H2,1-3H3. The van der Waals surface area contributed by atoms with Gasteiger partial charge < -0.3 is 5.73 Å². The van der Waals surface area contributed by atoms with Crippen molar-refractivity contribution in [3.05, 3.63) is 34.3 Å². The molecule has 1 aromatic carbocycles. The van der Waals surface area contributed by atoms with Crippen molar-refractivity contribution in [1.82, 2.24) is 0 Å². The van der Waals surface area contributed by atoms with Crippen LogP contribution in [0.5, 0.6) is 0 Å². The largest absolute Gasteiger partial charge is 0.325 e. The molecule has 2 N–H and O–H groups in total. The van der Waals surface area contributed by atoms with Gasteiger partial charge in [-0.3, -0.25) is 0 Å². The molecule has 1 aliphatic carbocycles. The van der Waals surface area contributed by atoms with Crippen LogP contribution in [0.4, 0.5) is 0 Å². The first-order valence-electron chi connectivity index (χ1n) is 7.32. The van der Waals surface area contributed by atoms with Crippen LogP contribution in [0.1, 0.15) is 52.0 Å². The van der Waals surface area contributed by atoms with E-state index in [-0.39, 0.29) is 5.54 Å². The average molecular weight is 324 g/mol. The minimum Gasteiger partial charge on any atom is -0.325 e. The number of rotatable bonds is 2. The van der Waals surface area contributed by atoms with E-state index >= 15 is 0 Å². The van der Waals surface area contributed by atoms with Crippen LogP contribution in [-0.4, -0.2) is 5.54 Å². The second-order valence-electron chi connectivity index (χ2n) is 7.31. The highest BCUT2D eigenvalue weighted by molar-refractivity contribution is 9.10. The Hall–Kier alpha value is -0.340. The first kappa shape index (κ1) is 15.1. The molecule has 0 atom stereocenters. The lowest BCUT2D eigenvalue weighted by Gasteiger charge is -2.42. The smallest absolute Gasteiger partial charge is 0.0195 e. The fourth-order valence-electron chi connectivity index (χ4n) is 3.29. The van der Waals surface area contributed by atoms with Crippen LogP contribution in [0.3, 0.4) is 0 Å². The van der Waals surface area contributed by atoms with Crippen LogP contribution < -0.4 is 5.73 Å². The normalized spacial score (nSPS) is 28.4. The highest BCUT2D eigenvalue weighted by Gasteiger charge is 2.36. The van der Waals surface area contributed by atoms with Gasteiger partial charge in [0.2, 0.25) is 0 Å². The SMILES string of the molecule is CC(C)(C)C1CCC(N)(Cc2cccc(Br)c2)CC1. The number of hydrogen-bond donors (Lipinski definition) is 1. The molecule has 0 unspecified atom stereocenters. The van der Waals surface area contributed by atoms with E-state index < -0.39 is 0 Å². The van der Waals surface area contributed by atoms with Gasteiger partial charge in [0.1, 0.15) is 0 Å². The molecule has 1 fully saturated rings. The van der Waals surface area contributed by atoms with Gasteiger partial charge in [-0.25, -0.2) is 0 Å². The van der Waals surface area contributed by atoms with E-state index in [1.807, 2.05) is 0 Å². The molecule has 2 rings (SSSR count). The molecule has 0 bridgehead atoms. The lowest BCUT2D eigenvalue weighted by atomic mass is 9.66. The van der Waals surface area contributed by atoms with Crippen molar-refractivity contribution < 1.29 is 0 Å². The molecule has 2 heteroatoms. The molecule has 19 heavy (non-hydrogen) atoms. The molecule has 0 aromatic heterocycles. The summed E-state index contributed by atoms with van der Waals surface area (Å²) < 4.78 is 1.15. The number of nitrogens with two attached hydrogens (primary N) is 1. The summed E-state index contributed by atoms with van der Waals surface area (Å²) in [6, 6.07) is 8.56. The Labute approximate surface area is 126 Å². The second kappa shape index (κ2) is 5.57. The van der Waals surface area contributed by atoms with Gasteiger partial charge in [-0.05, 0) is 61.1 Å². The van der Waals surface area contributed by atoms with Crippen molar-refractivity contribution in [2.75, 3.05) is 0 Å². The summed E-state index contributed by atoms with van der Waals surface area (Å²) in [5.74, 6) is 0.826. The molecule has 0 amide bonds. The third-order valence-corrected chi connectivity index (χ3v) is 5.14. The molecule has 0 spiro atoms. The molecular weight excluding hydrogens is 298 g/mol. The van der Waals surface area contributed by atoms with Crippen molar-refractivity contribution in [2.24, 2.45) is 17.1 Å². The maximum absolute atomic E-state index is 6.63. The Kier molecular flexibility index (Phi) is 4.42. The lowest BCUT2D eigenvalue weighted by Crippen LogP contribution is -2.46. The third-order valence-electron chi connectivity index (χ3n) is 4.65. The zero-order valence-electron chi connectivity index (χ0n) is 12.4. The summed E-state index contributed by atoms with van der Waals surface area (Å²) >= 11 is 3.54. The van der Waals surface area contributed by atoms with E-state index in [1.165, 1.54) is 18.4 Å². The van der Waals surface area contributed by atoms with Crippen molar-refractivity contribution in [2.45, 2.75) is 58.4 Å². The monoisotopic (exact) mass is 323 g/mol. The summed E-state index contributed by atoms with van der Waals surface area (Å²) in [5.41, 5.74) is 8.41. The molecule has 0 heterocycles. The summed E-state index contributed by atoms with van der Waals surface area (Å²) in [5, 5.41) is 0. The quantitative estimate of drug-likeness (QED) is 0.820. The Morgan fingerprint density at radius 1 is 1.26 bits per heavy atom. The predicted octanol–water partition coefficient (Wildman–Crippen LogP) is 4.93. The fraction of sp³-hybridized carbons (Fsp3) is 0.647. The summed E-state index contributed by atoms with van der Waals surface area (Å²) in [4.78, 5) is 0. The Bertz CT molecular complexity index is 425. The van der Waals surface area contributed by atoms with Gasteiger partial charge in [0.15, 0.2) is 0 Å². The molecule has 1 aliphatic rings. The van der Waals surface area contributed by atoms with Crippen LogP contribution in [0.25, 0.3) is 0 Å². The zero-order valence-corrected chi connectivity index (χ0v) is 14.0. The van der Waals surface area contributed by atoms with E-state index in [4.69, 9.17) is 5.73 Å². The summed E-state index contributed by atoms with van der Waals surface area (Å²) in [6.45, 7) is 7.07. The molecule has 0 saturated heterocycles. The van der Waals surface area contributed by atoms with Gasteiger partial charge in [0, 0.05) is 10.0 Å². The summed E-state index contributed by atoms with van der Waals surface area (Å²) in [6.07, 6.45) is 5.86. The molecule has 0 aliphatic heterocycles. The van der Waals surface area contributed by atoms with Crippen LogP contribution in [-0.2, 0) is 6.42 Å². The van der Waals surface area contributed by atoms with Crippen LogP contribution in [0, 0.1) is 11.3 Å². The molecule has 106 valence electrons. The summed E-state index contributed by atoms with van der Waals surface area (Å²) in [7, 11) is 0. The van der Waals surface area contributed by atoms with Crippen LogP contribution in [0.15, 0.2) is 28.7 Å². The van der Waals surface area contributed by atoms with Crippen molar-refractivity contribution >= 4 is 15.9 Å². The Morgan fingerprint density at radius 3 is 2.42 bits per heavy atom. The minimum absolute atomic E-state index is 0.00252. The van der Waals surface area contributed by atoms with E-state index in [0.29, 0.717) is 5.41 Å². The maximum atomic E-state index is 6.63. The first-order valence-corrected chi connectivity index (χ1v) is 8.11. The van der Waals surface area contributed by atoms with Crippen molar-refractivity contribution in [3.63, 3.8) is 0 Å². The highest BCUT2D eigenvalue weighted by atomic mass is 79.9. The highest BCUT2D eigenvalue weighted by Crippen LogP contribution is 2.41. The zero-order chi connectivity index (χ0) is 14.1. The van der Waals surface area contributed by atoms with E-state index in [1.54, 1.807) is 0 Å². The van der Waals surface area contributed by atoms with Crippen molar-refractivity contribution in [1.29, 1.82) is 0 Å². The average Bonchev–Trinajstić information content (AvgIpc) is 2.27. The lowest BCUT2D eigenvalue weighted by molar-refractivity contribution is 0.134. The van der Waals surface area contributed by atoms with Gasteiger partial charge in [0.05, 0.1) is 0 Å². The van der Waals surface area contributed by atoms with Crippen molar-refractivity contribution in [3.8, 4) is 0 Å². The van der Waals surface area contributed by atoms with Gasteiger partial charge in [-0.1, -0.05) is 48.8 Å². The van der Waals surface area contributed by atoms with E-state index in [0.717, 1.165) is 29.7 Å². The first-order chi connectivity index (χ1) is 8.78. The minimum atomic E-state index is 0.00252. The van der Waals surface area contributed by atoms with E-state index in [2.05, 4.69) is 61.0 Å². The van der Waals surface area contributed by atoms with E-state index in [9.17, 15) is 0 Å². The van der Waals surface area contributed by atoms with Gasteiger partial charge in [0.25, 0.3) is 0 Å². The van der Waals surface area contributed by atoms with Gasteiger partial charge >= 0.3 is 0 Å². The molecular formula is C17H26BrN. The fourth-order valence-corrected chi connectivity index (χ4v) is 3.74. The topological polar surface area (TPSA) is 26.0 Å². The van der Waals surface area contributed by atoms with Gasteiger partial charge in [-0.15, -0.1) is 0 Å². The molecule has 1 saturated carbocycles. The Morgan fingerprint density at radius 2 is 1.89 bits per heavy atom. The van der Waals surface area contributed by atoms with Gasteiger partial charge in [-0.2, -0.15) is 0 Å². The molecule has 0 radical (unpaired) electrons. The second-order valence-corrected chi connectivity index (χ2v) is 8.23. The third kappa shape index (κ3) is 4.06. The molecule has 1 aromatic rings. The number of benzene rings is 1. The number of hydrogen-bond acceptors (Lipinski definition) is 1. The van der Waals surface area contributed by atoms with Crippen LogP contribution >= 0.6 is 15.9 Å². The van der Waals surface area contributed by atoms with Crippen LogP contribution in [0.2, 0.25) is 0 Å².